The molecule has 0 aliphatic carbocycles. The van der Waals surface area contributed by atoms with Crippen LogP contribution in [0.1, 0.15) is 34.3 Å². The van der Waals surface area contributed by atoms with Gasteiger partial charge in [-0.3, -0.25) is 0 Å². The van der Waals surface area contributed by atoms with Gasteiger partial charge in [-0.05, 0) is 12.8 Å². The van der Waals surface area contributed by atoms with Gasteiger partial charge in [0.2, 0.25) is 0 Å². The number of esters is 1. The van der Waals surface area contributed by atoms with E-state index in [0.717, 1.165) is 24.3 Å². The number of nitrogens with zero attached hydrogens (tertiary/aromatic N) is 1. The highest BCUT2D eigenvalue weighted by Crippen LogP contribution is 2.33. The van der Waals surface area contributed by atoms with Crippen molar-refractivity contribution in [3.63, 3.8) is 0 Å². The lowest BCUT2D eigenvalue weighted by atomic mass is 10.2. The Morgan fingerprint density at radius 1 is 1.79 bits per heavy atom. The van der Waals surface area contributed by atoms with E-state index in [-0.39, 0.29) is 12.1 Å². The number of methoxy groups -OCH3 is 1. The third kappa shape index (κ3) is 1.65. The summed E-state index contributed by atoms with van der Waals surface area (Å²) in [7, 11) is 1.36. The van der Waals surface area contributed by atoms with Crippen LogP contribution in [0.3, 0.4) is 0 Å². The number of aromatic nitrogens is 1. The van der Waals surface area contributed by atoms with Crippen LogP contribution in [-0.2, 0) is 9.47 Å². The zero-order valence-electron chi connectivity index (χ0n) is 7.86. The first-order valence-electron chi connectivity index (χ1n) is 4.46. The van der Waals surface area contributed by atoms with Gasteiger partial charge < -0.3 is 9.47 Å². The molecule has 0 N–H and O–H groups in total. The molecule has 2 heterocycles. The molecule has 0 bridgehead atoms. The maximum absolute atomic E-state index is 11.3. The van der Waals surface area contributed by atoms with Gasteiger partial charge in [-0.15, -0.1) is 11.3 Å². The Labute approximate surface area is 85.9 Å². The van der Waals surface area contributed by atoms with E-state index in [1.54, 1.807) is 5.51 Å². The number of carbonyl (C=O) groups is 1. The van der Waals surface area contributed by atoms with Crippen molar-refractivity contribution in [3.8, 4) is 0 Å². The standard InChI is InChI=1S/C9H11NO3S/c1-12-9(11)7-8(14-5-10-7)6-3-2-4-13-6/h5-6H,2-4H2,1H3. The number of hydrogen-bond donors (Lipinski definition) is 0. The number of ether oxygens (including phenoxy) is 2. The van der Waals surface area contributed by atoms with Crippen LogP contribution in [0.5, 0.6) is 0 Å². The predicted octanol–water partition coefficient (Wildman–Crippen LogP) is 1.78. The molecule has 4 nitrogen and oxygen atoms in total. The van der Waals surface area contributed by atoms with E-state index >= 15 is 0 Å². The van der Waals surface area contributed by atoms with Crippen molar-refractivity contribution in [2.75, 3.05) is 13.7 Å². The summed E-state index contributed by atoms with van der Waals surface area (Å²) in [6, 6.07) is 0. The van der Waals surface area contributed by atoms with E-state index in [1.807, 2.05) is 0 Å². The van der Waals surface area contributed by atoms with Crippen LogP contribution in [0.4, 0.5) is 0 Å². The van der Waals surface area contributed by atoms with Crippen molar-refractivity contribution in [2.45, 2.75) is 18.9 Å². The van der Waals surface area contributed by atoms with Crippen LogP contribution in [0.15, 0.2) is 5.51 Å². The molecule has 1 unspecified atom stereocenters. The molecule has 1 saturated heterocycles. The van der Waals surface area contributed by atoms with E-state index in [0.29, 0.717) is 5.69 Å². The van der Waals surface area contributed by atoms with E-state index in [1.165, 1.54) is 18.4 Å². The molecule has 1 fully saturated rings. The summed E-state index contributed by atoms with van der Waals surface area (Å²) in [6.45, 7) is 0.767. The molecule has 0 saturated carbocycles. The van der Waals surface area contributed by atoms with Gasteiger partial charge in [0, 0.05) is 6.61 Å². The number of rotatable bonds is 2. The second-order valence-corrected chi connectivity index (χ2v) is 3.94. The Kier molecular flexibility index (Phi) is 2.79. The van der Waals surface area contributed by atoms with Gasteiger partial charge in [0.05, 0.1) is 23.6 Å². The lowest BCUT2D eigenvalue weighted by Crippen LogP contribution is -2.07. The van der Waals surface area contributed by atoms with Gasteiger partial charge in [-0.25, -0.2) is 9.78 Å². The van der Waals surface area contributed by atoms with Crippen LogP contribution in [-0.4, -0.2) is 24.7 Å². The van der Waals surface area contributed by atoms with Crippen molar-refractivity contribution in [2.24, 2.45) is 0 Å². The average molecular weight is 213 g/mol. The van der Waals surface area contributed by atoms with Crippen molar-refractivity contribution in [3.05, 3.63) is 16.1 Å². The topological polar surface area (TPSA) is 48.4 Å². The van der Waals surface area contributed by atoms with Gasteiger partial charge in [-0.1, -0.05) is 0 Å². The monoisotopic (exact) mass is 213 g/mol. The molecule has 1 aromatic heterocycles. The Hall–Kier alpha value is -0.940. The van der Waals surface area contributed by atoms with E-state index in [9.17, 15) is 4.79 Å². The molecule has 5 heteroatoms. The van der Waals surface area contributed by atoms with Gasteiger partial charge in [-0.2, -0.15) is 0 Å². The average Bonchev–Trinajstić information content (AvgIpc) is 2.85. The summed E-state index contributed by atoms with van der Waals surface area (Å²) < 4.78 is 10.1. The fourth-order valence-corrected chi connectivity index (χ4v) is 2.38. The molecular formula is C9H11NO3S. The largest absolute Gasteiger partial charge is 0.464 e. The number of thiazole rings is 1. The first-order chi connectivity index (χ1) is 6.83. The summed E-state index contributed by atoms with van der Waals surface area (Å²) in [5.41, 5.74) is 2.06. The van der Waals surface area contributed by atoms with Crippen LogP contribution in [0, 0.1) is 0 Å². The van der Waals surface area contributed by atoms with Crippen LogP contribution < -0.4 is 0 Å². The SMILES string of the molecule is COC(=O)c1ncsc1C1CCCO1. The molecular weight excluding hydrogens is 202 g/mol. The molecule has 1 aliphatic heterocycles. The molecule has 0 amide bonds. The first kappa shape index (κ1) is 9.61. The molecule has 0 radical (unpaired) electrons. The Bertz CT molecular complexity index is 331. The number of hydrogen-bond acceptors (Lipinski definition) is 5. The normalized spacial score (nSPS) is 21.1. The summed E-state index contributed by atoms with van der Waals surface area (Å²) >= 11 is 1.45. The molecule has 14 heavy (non-hydrogen) atoms. The van der Waals surface area contributed by atoms with E-state index in [4.69, 9.17) is 4.74 Å². The van der Waals surface area contributed by atoms with Crippen molar-refractivity contribution in [1.29, 1.82) is 0 Å². The zero-order valence-corrected chi connectivity index (χ0v) is 8.67. The zero-order chi connectivity index (χ0) is 9.97. The summed E-state index contributed by atoms with van der Waals surface area (Å²) in [4.78, 5) is 16.2. The fourth-order valence-electron chi connectivity index (χ4n) is 1.52. The third-order valence-corrected chi connectivity index (χ3v) is 3.12. The maximum Gasteiger partial charge on any atom is 0.357 e. The quantitative estimate of drug-likeness (QED) is 0.703. The van der Waals surface area contributed by atoms with Gasteiger partial charge in [0.25, 0.3) is 0 Å². The summed E-state index contributed by atoms with van der Waals surface area (Å²) in [5.74, 6) is -0.378. The van der Waals surface area contributed by atoms with Crippen molar-refractivity contribution < 1.29 is 14.3 Å². The number of carbonyl (C=O) groups excluding carboxylic acids is 1. The smallest absolute Gasteiger partial charge is 0.357 e. The minimum atomic E-state index is -0.378. The molecule has 2 rings (SSSR count). The molecule has 76 valence electrons. The van der Waals surface area contributed by atoms with Crippen molar-refractivity contribution >= 4 is 17.3 Å². The van der Waals surface area contributed by atoms with E-state index < -0.39 is 0 Å². The van der Waals surface area contributed by atoms with Gasteiger partial charge >= 0.3 is 5.97 Å². The Morgan fingerprint density at radius 2 is 2.64 bits per heavy atom. The Balaban J connectivity index is 2.24. The third-order valence-electron chi connectivity index (χ3n) is 2.20. The van der Waals surface area contributed by atoms with Crippen LogP contribution in [0.2, 0.25) is 0 Å². The molecule has 1 atom stereocenters. The molecule has 1 aliphatic rings. The first-order valence-corrected chi connectivity index (χ1v) is 5.34. The lowest BCUT2D eigenvalue weighted by Gasteiger charge is -2.07. The minimum Gasteiger partial charge on any atom is -0.464 e. The maximum atomic E-state index is 11.3. The fraction of sp³-hybridized carbons (Fsp3) is 0.556. The van der Waals surface area contributed by atoms with Crippen molar-refractivity contribution in [1.82, 2.24) is 4.98 Å². The minimum absolute atomic E-state index is 0.0385. The highest BCUT2D eigenvalue weighted by atomic mass is 32.1. The molecule has 1 aromatic rings. The second kappa shape index (κ2) is 4.06. The highest BCUT2D eigenvalue weighted by molar-refractivity contribution is 7.10. The Morgan fingerprint density at radius 3 is 3.29 bits per heavy atom. The van der Waals surface area contributed by atoms with E-state index in [2.05, 4.69) is 9.72 Å². The predicted molar refractivity (Wildman–Crippen MR) is 51.4 cm³/mol. The van der Waals surface area contributed by atoms with Gasteiger partial charge in [0.1, 0.15) is 0 Å². The summed E-state index contributed by atoms with van der Waals surface area (Å²) in [5, 5.41) is 0. The lowest BCUT2D eigenvalue weighted by molar-refractivity contribution is 0.0583. The molecule has 0 spiro atoms. The summed E-state index contributed by atoms with van der Waals surface area (Å²) in [6.07, 6.45) is 2.05. The highest BCUT2D eigenvalue weighted by Gasteiger charge is 2.26. The molecule has 0 aromatic carbocycles. The van der Waals surface area contributed by atoms with Gasteiger partial charge in [0.15, 0.2) is 5.69 Å². The second-order valence-electron chi connectivity index (χ2n) is 3.06. The van der Waals surface area contributed by atoms with Crippen LogP contribution in [0.25, 0.3) is 0 Å². The van der Waals surface area contributed by atoms with Crippen LogP contribution >= 0.6 is 11.3 Å².